The first kappa shape index (κ1) is 15.1. The molecule has 0 aliphatic rings. The first-order chi connectivity index (χ1) is 9.93. The quantitative estimate of drug-likeness (QED) is 0.942. The molecule has 2 aromatic rings. The molecule has 0 spiro atoms. The maximum Gasteiger partial charge on any atom is 0.293 e. The van der Waals surface area contributed by atoms with Crippen LogP contribution in [-0.2, 0) is 6.42 Å². The molecule has 0 aliphatic heterocycles. The largest absolute Gasteiger partial charge is 0.332 e. The number of H-pyrrole nitrogens is 1. The molecule has 1 unspecified atom stereocenters. The Balaban J connectivity index is 2.19. The summed E-state index contributed by atoms with van der Waals surface area (Å²) in [5.41, 5.74) is 0.496. The molecule has 0 radical (unpaired) electrons. The smallest absolute Gasteiger partial charge is 0.293 e. The maximum absolute atomic E-state index is 13.3. The van der Waals surface area contributed by atoms with Gasteiger partial charge in [-0.15, -0.1) is 5.10 Å². The number of aromatic nitrogens is 3. The highest BCUT2D eigenvalue weighted by Gasteiger charge is 2.23. The molecule has 0 fully saturated rings. The van der Waals surface area contributed by atoms with E-state index in [1.807, 2.05) is 6.92 Å². The van der Waals surface area contributed by atoms with Gasteiger partial charge in [0.2, 0.25) is 5.82 Å². The average Bonchev–Trinajstić information content (AvgIpc) is 2.96. The van der Waals surface area contributed by atoms with Gasteiger partial charge in [-0.2, -0.15) is 0 Å². The summed E-state index contributed by atoms with van der Waals surface area (Å²) in [5, 5.41) is 6.52. The molecular formula is C14H16F2N4O. The normalized spacial score (nSPS) is 12.2. The van der Waals surface area contributed by atoms with Gasteiger partial charge in [0.15, 0.2) is 11.6 Å². The van der Waals surface area contributed by atoms with E-state index in [4.69, 9.17) is 0 Å². The third-order valence-electron chi connectivity index (χ3n) is 3.39. The van der Waals surface area contributed by atoms with Gasteiger partial charge in [-0.3, -0.25) is 9.89 Å². The second-order valence-corrected chi connectivity index (χ2v) is 4.72. The molecule has 1 heterocycles. The van der Waals surface area contributed by atoms with Crippen molar-refractivity contribution in [1.29, 1.82) is 0 Å². The fraction of sp³-hybridized carbons (Fsp3) is 0.357. The minimum atomic E-state index is -0.939. The Labute approximate surface area is 121 Å². The van der Waals surface area contributed by atoms with Crippen LogP contribution in [0.2, 0.25) is 0 Å². The number of nitrogens with one attached hydrogen (secondary N) is 1. The SMILES string of the molecule is CCc1nc(C(=O)N(C)C(C)c2ccc(F)c(F)c2)n[nH]1. The predicted molar refractivity (Wildman–Crippen MR) is 72.6 cm³/mol. The fourth-order valence-electron chi connectivity index (χ4n) is 1.88. The summed E-state index contributed by atoms with van der Waals surface area (Å²) in [6.07, 6.45) is 0.642. The molecule has 0 saturated carbocycles. The molecule has 1 aromatic carbocycles. The number of aryl methyl sites for hydroxylation is 1. The molecule has 0 aliphatic carbocycles. The van der Waals surface area contributed by atoms with E-state index in [0.29, 0.717) is 17.8 Å². The average molecular weight is 294 g/mol. The number of nitrogens with zero attached hydrogens (tertiary/aromatic N) is 3. The Bertz CT molecular complexity index is 656. The zero-order valence-corrected chi connectivity index (χ0v) is 12.0. The lowest BCUT2D eigenvalue weighted by Gasteiger charge is -2.24. The highest BCUT2D eigenvalue weighted by molar-refractivity contribution is 5.90. The van der Waals surface area contributed by atoms with Crippen LogP contribution in [0.15, 0.2) is 18.2 Å². The molecule has 1 aromatic heterocycles. The Morgan fingerprint density at radius 1 is 1.38 bits per heavy atom. The molecule has 2 rings (SSSR count). The van der Waals surface area contributed by atoms with Crippen LogP contribution in [0, 0.1) is 11.6 Å². The van der Waals surface area contributed by atoms with Crippen LogP contribution in [0.3, 0.4) is 0 Å². The van der Waals surface area contributed by atoms with E-state index >= 15 is 0 Å². The molecular weight excluding hydrogens is 278 g/mol. The summed E-state index contributed by atoms with van der Waals surface area (Å²) in [4.78, 5) is 17.7. The van der Waals surface area contributed by atoms with Crippen molar-refractivity contribution in [3.8, 4) is 0 Å². The van der Waals surface area contributed by atoms with Gasteiger partial charge in [0.1, 0.15) is 5.82 Å². The molecule has 1 N–H and O–H groups in total. The van der Waals surface area contributed by atoms with Crippen LogP contribution in [0.4, 0.5) is 8.78 Å². The minimum absolute atomic E-state index is 0.0591. The molecule has 5 nitrogen and oxygen atoms in total. The van der Waals surface area contributed by atoms with E-state index in [1.54, 1.807) is 14.0 Å². The summed E-state index contributed by atoms with van der Waals surface area (Å²) in [7, 11) is 1.57. The van der Waals surface area contributed by atoms with Crippen LogP contribution < -0.4 is 0 Å². The van der Waals surface area contributed by atoms with E-state index in [1.165, 1.54) is 11.0 Å². The Kier molecular flexibility index (Phi) is 4.30. The van der Waals surface area contributed by atoms with Crippen molar-refractivity contribution in [2.24, 2.45) is 0 Å². The first-order valence-corrected chi connectivity index (χ1v) is 6.57. The molecule has 0 saturated heterocycles. The zero-order chi connectivity index (χ0) is 15.6. The maximum atomic E-state index is 13.3. The van der Waals surface area contributed by atoms with Gasteiger partial charge in [-0.05, 0) is 24.6 Å². The van der Waals surface area contributed by atoms with E-state index in [9.17, 15) is 13.6 Å². The monoisotopic (exact) mass is 294 g/mol. The zero-order valence-electron chi connectivity index (χ0n) is 12.0. The van der Waals surface area contributed by atoms with Crippen LogP contribution in [-0.4, -0.2) is 33.0 Å². The summed E-state index contributed by atoms with van der Waals surface area (Å²) in [6.45, 7) is 3.61. The number of carbonyl (C=O) groups is 1. The van der Waals surface area contributed by atoms with Gasteiger partial charge in [0.25, 0.3) is 5.91 Å². The van der Waals surface area contributed by atoms with E-state index in [2.05, 4.69) is 15.2 Å². The van der Waals surface area contributed by atoms with Gasteiger partial charge in [0, 0.05) is 13.5 Å². The lowest BCUT2D eigenvalue weighted by atomic mass is 10.1. The molecule has 112 valence electrons. The molecule has 1 amide bonds. The number of benzene rings is 1. The lowest BCUT2D eigenvalue weighted by Crippen LogP contribution is -2.30. The number of halogens is 2. The van der Waals surface area contributed by atoms with Crippen LogP contribution in [0.25, 0.3) is 0 Å². The highest BCUT2D eigenvalue weighted by atomic mass is 19.2. The molecule has 7 heteroatoms. The van der Waals surface area contributed by atoms with Gasteiger partial charge in [-0.1, -0.05) is 13.0 Å². The number of aromatic amines is 1. The van der Waals surface area contributed by atoms with E-state index in [-0.39, 0.29) is 11.7 Å². The molecule has 1 atom stereocenters. The topological polar surface area (TPSA) is 61.9 Å². The van der Waals surface area contributed by atoms with Crippen molar-refractivity contribution in [3.05, 3.63) is 47.0 Å². The highest BCUT2D eigenvalue weighted by Crippen LogP contribution is 2.21. The van der Waals surface area contributed by atoms with Crippen molar-refractivity contribution in [2.75, 3.05) is 7.05 Å². The molecule has 21 heavy (non-hydrogen) atoms. The summed E-state index contributed by atoms with van der Waals surface area (Å²) in [6, 6.07) is 3.14. The van der Waals surface area contributed by atoms with E-state index < -0.39 is 17.7 Å². The first-order valence-electron chi connectivity index (χ1n) is 6.57. The van der Waals surface area contributed by atoms with Crippen LogP contribution >= 0.6 is 0 Å². The van der Waals surface area contributed by atoms with Crippen LogP contribution in [0.5, 0.6) is 0 Å². The van der Waals surface area contributed by atoms with Crippen molar-refractivity contribution >= 4 is 5.91 Å². The number of carbonyl (C=O) groups excluding carboxylic acids is 1. The second-order valence-electron chi connectivity index (χ2n) is 4.72. The van der Waals surface area contributed by atoms with Gasteiger partial charge >= 0.3 is 0 Å². The number of amides is 1. The number of hydrogen-bond donors (Lipinski definition) is 1. The number of rotatable bonds is 4. The summed E-state index contributed by atoms with van der Waals surface area (Å²) >= 11 is 0. The van der Waals surface area contributed by atoms with E-state index in [0.717, 1.165) is 12.1 Å². The van der Waals surface area contributed by atoms with Crippen molar-refractivity contribution in [3.63, 3.8) is 0 Å². The van der Waals surface area contributed by atoms with Gasteiger partial charge in [-0.25, -0.2) is 13.8 Å². The summed E-state index contributed by atoms with van der Waals surface area (Å²) < 4.78 is 26.2. The Morgan fingerprint density at radius 2 is 2.10 bits per heavy atom. The second kappa shape index (κ2) is 5.99. The van der Waals surface area contributed by atoms with Crippen molar-refractivity contribution < 1.29 is 13.6 Å². The van der Waals surface area contributed by atoms with Gasteiger partial charge < -0.3 is 4.90 Å². The Morgan fingerprint density at radius 3 is 2.67 bits per heavy atom. The van der Waals surface area contributed by atoms with Crippen molar-refractivity contribution in [1.82, 2.24) is 20.1 Å². The predicted octanol–water partition coefficient (Wildman–Crippen LogP) is 2.48. The Hall–Kier alpha value is -2.31. The van der Waals surface area contributed by atoms with Crippen molar-refractivity contribution in [2.45, 2.75) is 26.3 Å². The third kappa shape index (κ3) is 3.07. The lowest BCUT2D eigenvalue weighted by molar-refractivity contribution is 0.0730. The minimum Gasteiger partial charge on any atom is -0.332 e. The summed E-state index contributed by atoms with van der Waals surface area (Å²) in [5.74, 6) is -1.56. The van der Waals surface area contributed by atoms with Crippen LogP contribution in [0.1, 0.15) is 41.9 Å². The fourth-order valence-corrected chi connectivity index (χ4v) is 1.88. The third-order valence-corrected chi connectivity index (χ3v) is 3.39. The van der Waals surface area contributed by atoms with Gasteiger partial charge in [0.05, 0.1) is 6.04 Å². The molecule has 0 bridgehead atoms. The number of hydrogen-bond acceptors (Lipinski definition) is 3. The standard InChI is InChI=1S/C14H16F2N4O/c1-4-12-17-13(19-18-12)14(21)20(3)8(2)9-5-6-10(15)11(16)7-9/h5-8H,4H2,1-3H3,(H,17,18,19).